The minimum absolute atomic E-state index is 0.172. The van der Waals surface area contributed by atoms with Gasteiger partial charge in [0.25, 0.3) is 0 Å². The molecule has 1 heterocycles. The third-order valence-corrected chi connectivity index (χ3v) is 3.81. The number of hydrogen-bond donors (Lipinski definition) is 2. The third kappa shape index (κ3) is 3.75. The molecule has 6 nitrogen and oxygen atoms in total. The highest BCUT2D eigenvalue weighted by Gasteiger charge is 2.35. The molecule has 2 N–H and O–H groups in total. The van der Waals surface area contributed by atoms with Crippen molar-refractivity contribution in [3.05, 3.63) is 0 Å². The molecule has 0 spiro atoms. The Kier molecular flexibility index (Phi) is 4.90. The summed E-state index contributed by atoms with van der Waals surface area (Å²) in [5.41, 5.74) is 0. The van der Waals surface area contributed by atoms with Gasteiger partial charge in [-0.2, -0.15) is 0 Å². The number of nitrogens with one attached hydrogen (secondary N) is 1. The fourth-order valence-electron chi connectivity index (χ4n) is 2.55. The molecule has 1 aliphatic heterocycles. The van der Waals surface area contributed by atoms with Crippen molar-refractivity contribution >= 4 is 11.8 Å². The fraction of sp³-hybridized carbons (Fsp3) is 0.846. The Bertz CT molecular complexity index is 342. The van der Waals surface area contributed by atoms with Crippen molar-refractivity contribution in [3.8, 4) is 0 Å². The number of likely N-dealkylation sites (N-methyl/N-ethyl adjacent to an activating group) is 1. The molecule has 0 radical (unpaired) electrons. The average molecular weight is 270 g/mol. The van der Waals surface area contributed by atoms with Crippen LogP contribution in [-0.2, 0) is 14.3 Å². The number of ether oxygens (including phenoxy) is 1. The number of amides is 2. The summed E-state index contributed by atoms with van der Waals surface area (Å²) in [5, 5.41) is 12.7. The van der Waals surface area contributed by atoms with Crippen molar-refractivity contribution in [3.63, 3.8) is 0 Å². The molecule has 2 aliphatic rings. The summed E-state index contributed by atoms with van der Waals surface area (Å²) < 4.78 is 5.60. The summed E-state index contributed by atoms with van der Waals surface area (Å²) in [6, 6.07) is -0.501. The Labute approximate surface area is 113 Å². The Morgan fingerprint density at radius 2 is 2.11 bits per heavy atom. The van der Waals surface area contributed by atoms with Gasteiger partial charge in [-0.25, -0.2) is 0 Å². The molecule has 2 rings (SSSR count). The molecule has 0 bridgehead atoms. The fourth-order valence-corrected chi connectivity index (χ4v) is 2.55. The molecular formula is C13H22N2O4. The van der Waals surface area contributed by atoms with Gasteiger partial charge >= 0.3 is 0 Å². The zero-order valence-corrected chi connectivity index (χ0v) is 11.3. The Morgan fingerprint density at radius 3 is 2.68 bits per heavy atom. The monoisotopic (exact) mass is 270 g/mol. The summed E-state index contributed by atoms with van der Waals surface area (Å²) in [6.45, 7) is 0.548. The molecule has 0 aromatic rings. The second-order valence-electron chi connectivity index (χ2n) is 5.35. The number of likely N-dealkylation sites (tertiary alicyclic amines) is 1. The lowest BCUT2D eigenvalue weighted by Crippen LogP contribution is -2.42. The van der Waals surface area contributed by atoms with E-state index in [4.69, 9.17) is 4.74 Å². The molecule has 1 aliphatic carbocycles. The molecule has 108 valence electrons. The van der Waals surface area contributed by atoms with Gasteiger partial charge in [0.2, 0.25) is 11.8 Å². The lowest BCUT2D eigenvalue weighted by molar-refractivity contribution is -0.137. The second kappa shape index (κ2) is 6.45. The van der Waals surface area contributed by atoms with E-state index in [1.54, 1.807) is 0 Å². The molecule has 1 saturated heterocycles. The van der Waals surface area contributed by atoms with Gasteiger partial charge in [-0.05, 0) is 12.8 Å². The molecule has 1 saturated carbocycles. The molecule has 6 heteroatoms. The van der Waals surface area contributed by atoms with Crippen LogP contribution >= 0.6 is 0 Å². The van der Waals surface area contributed by atoms with E-state index in [-0.39, 0.29) is 37.5 Å². The molecule has 0 aromatic carbocycles. The van der Waals surface area contributed by atoms with Crippen LogP contribution in [0.1, 0.15) is 32.1 Å². The maximum Gasteiger partial charge on any atom is 0.246 e. The van der Waals surface area contributed by atoms with Crippen LogP contribution in [0.4, 0.5) is 0 Å². The van der Waals surface area contributed by atoms with Crippen LogP contribution in [0.3, 0.4) is 0 Å². The van der Waals surface area contributed by atoms with E-state index >= 15 is 0 Å². The van der Waals surface area contributed by atoms with E-state index in [2.05, 4.69) is 5.32 Å². The number of rotatable bonds is 6. The van der Waals surface area contributed by atoms with Gasteiger partial charge in [-0.15, -0.1) is 0 Å². The topological polar surface area (TPSA) is 78.9 Å². The highest BCUT2D eigenvalue weighted by atomic mass is 16.5. The van der Waals surface area contributed by atoms with Crippen LogP contribution in [0.15, 0.2) is 0 Å². The summed E-state index contributed by atoms with van der Waals surface area (Å²) in [5.74, 6) is -0.409. The molecule has 2 atom stereocenters. The largest absolute Gasteiger partial charge is 0.389 e. The highest BCUT2D eigenvalue weighted by Crippen LogP contribution is 2.20. The maximum atomic E-state index is 11.6. The van der Waals surface area contributed by atoms with Gasteiger partial charge in [0.1, 0.15) is 0 Å². The van der Waals surface area contributed by atoms with E-state index in [9.17, 15) is 14.7 Å². The number of aliphatic hydroxyl groups excluding tert-OH is 1. The first kappa shape index (κ1) is 14.4. The Morgan fingerprint density at radius 1 is 1.42 bits per heavy atom. The van der Waals surface area contributed by atoms with Crippen molar-refractivity contribution in [2.45, 2.75) is 50.4 Å². The number of nitrogens with zero attached hydrogens (tertiary/aromatic N) is 1. The number of hydrogen-bond acceptors (Lipinski definition) is 5. The van der Waals surface area contributed by atoms with E-state index in [1.165, 1.54) is 19.9 Å². The lowest BCUT2D eigenvalue weighted by Gasteiger charge is -2.17. The lowest BCUT2D eigenvalue weighted by atomic mass is 10.2. The highest BCUT2D eigenvalue weighted by molar-refractivity contribution is 6.05. The predicted molar refractivity (Wildman–Crippen MR) is 68.4 cm³/mol. The van der Waals surface area contributed by atoms with E-state index in [0.29, 0.717) is 0 Å². The molecule has 2 amide bonds. The molecule has 19 heavy (non-hydrogen) atoms. The standard InChI is InChI=1S/C13H22N2O4/c1-15-12(17)6-11(13(15)18)14-7-9(16)8-19-10-4-2-3-5-10/h9-11,14,16H,2-8H2,1H3. The number of imide groups is 1. The first-order valence-corrected chi connectivity index (χ1v) is 6.91. The van der Waals surface area contributed by atoms with Gasteiger partial charge in [0.05, 0.1) is 31.3 Å². The van der Waals surface area contributed by atoms with Gasteiger partial charge in [-0.1, -0.05) is 12.8 Å². The Hall–Kier alpha value is -0.980. The van der Waals surface area contributed by atoms with Gasteiger partial charge in [0, 0.05) is 13.6 Å². The summed E-state index contributed by atoms with van der Waals surface area (Å²) in [7, 11) is 1.48. The first-order chi connectivity index (χ1) is 9.08. The van der Waals surface area contributed by atoms with Gasteiger partial charge in [0.15, 0.2) is 0 Å². The number of aliphatic hydroxyl groups is 1. The van der Waals surface area contributed by atoms with Crippen LogP contribution in [0.2, 0.25) is 0 Å². The third-order valence-electron chi connectivity index (χ3n) is 3.81. The zero-order valence-electron chi connectivity index (χ0n) is 11.3. The van der Waals surface area contributed by atoms with E-state index in [1.807, 2.05) is 0 Å². The quantitative estimate of drug-likeness (QED) is 0.645. The normalized spacial score (nSPS) is 26.4. The van der Waals surface area contributed by atoms with Crippen LogP contribution < -0.4 is 5.32 Å². The Balaban J connectivity index is 1.64. The first-order valence-electron chi connectivity index (χ1n) is 6.91. The summed E-state index contributed by atoms with van der Waals surface area (Å²) in [4.78, 5) is 24.1. The minimum atomic E-state index is -0.644. The van der Waals surface area contributed by atoms with Crippen molar-refractivity contribution in [1.29, 1.82) is 0 Å². The maximum absolute atomic E-state index is 11.6. The number of carbonyl (C=O) groups is 2. The molecule has 2 fully saturated rings. The van der Waals surface area contributed by atoms with Crippen molar-refractivity contribution < 1.29 is 19.4 Å². The van der Waals surface area contributed by atoms with Crippen molar-refractivity contribution in [1.82, 2.24) is 10.2 Å². The predicted octanol–water partition coefficient (Wildman–Crippen LogP) is -0.347. The van der Waals surface area contributed by atoms with Crippen molar-refractivity contribution in [2.24, 2.45) is 0 Å². The summed E-state index contributed by atoms with van der Waals surface area (Å²) in [6.07, 6.45) is 4.34. The van der Waals surface area contributed by atoms with Crippen molar-refractivity contribution in [2.75, 3.05) is 20.2 Å². The van der Waals surface area contributed by atoms with E-state index in [0.717, 1.165) is 17.7 Å². The minimum Gasteiger partial charge on any atom is -0.389 e. The van der Waals surface area contributed by atoms with Crippen LogP contribution in [0.5, 0.6) is 0 Å². The average Bonchev–Trinajstić information content (AvgIpc) is 2.99. The van der Waals surface area contributed by atoms with Gasteiger partial charge in [-0.3, -0.25) is 14.5 Å². The van der Waals surface area contributed by atoms with Crippen LogP contribution in [-0.4, -0.2) is 60.3 Å². The van der Waals surface area contributed by atoms with Crippen LogP contribution in [0.25, 0.3) is 0 Å². The SMILES string of the molecule is CN1C(=O)CC(NCC(O)COC2CCCC2)C1=O. The summed E-state index contributed by atoms with van der Waals surface area (Å²) >= 11 is 0. The zero-order chi connectivity index (χ0) is 13.8. The van der Waals surface area contributed by atoms with Crippen LogP contribution in [0, 0.1) is 0 Å². The number of carbonyl (C=O) groups excluding carboxylic acids is 2. The van der Waals surface area contributed by atoms with E-state index < -0.39 is 12.1 Å². The molecule has 0 aromatic heterocycles. The second-order valence-corrected chi connectivity index (χ2v) is 5.35. The van der Waals surface area contributed by atoms with Gasteiger partial charge < -0.3 is 15.2 Å². The smallest absolute Gasteiger partial charge is 0.246 e. The molecule has 2 unspecified atom stereocenters. The molecular weight excluding hydrogens is 248 g/mol.